The highest BCUT2D eigenvalue weighted by atomic mass is 32.1. The van der Waals surface area contributed by atoms with Gasteiger partial charge in [-0.25, -0.2) is 0 Å². The van der Waals surface area contributed by atoms with Crippen LogP contribution in [0.15, 0.2) is 71.9 Å². The van der Waals surface area contributed by atoms with E-state index in [0.717, 1.165) is 16.3 Å². The van der Waals surface area contributed by atoms with Crippen molar-refractivity contribution in [3.8, 4) is 5.75 Å². The highest BCUT2D eigenvalue weighted by Crippen LogP contribution is 2.38. The molecule has 0 bridgehead atoms. The summed E-state index contributed by atoms with van der Waals surface area (Å²) in [5.74, 6) is -0.146. The lowest BCUT2D eigenvalue weighted by Gasteiger charge is -2.31. The smallest absolute Gasteiger partial charge is 0.255 e. The molecular weight excluding hydrogens is 382 g/mol. The largest absolute Gasteiger partial charge is 0.508 e. The van der Waals surface area contributed by atoms with E-state index in [1.807, 2.05) is 68.4 Å². The van der Waals surface area contributed by atoms with Crippen LogP contribution in [0.5, 0.6) is 5.75 Å². The minimum absolute atomic E-state index is 0.111. The Morgan fingerprint density at radius 3 is 2.66 bits per heavy atom. The van der Waals surface area contributed by atoms with Gasteiger partial charge in [-0.2, -0.15) is 0 Å². The summed E-state index contributed by atoms with van der Waals surface area (Å²) in [7, 11) is 0. The highest BCUT2D eigenvalue weighted by Gasteiger charge is 2.32. The van der Waals surface area contributed by atoms with Crippen molar-refractivity contribution in [1.82, 2.24) is 10.6 Å². The van der Waals surface area contributed by atoms with Crippen LogP contribution in [0.25, 0.3) is 10.8 Å². The Morgan fingerprint density at radius 1 is 1.07 bits per heavy atom. The number of phenols is 1. The van der Waals surface area contributed by atoms with Gasteiger partial charge in [0.1, 0.15) is 5.75 Å². The number of carbonyl (C=O) groups is 1. The highest BCUT2D eigenvalue weighted by molar-refractivity contribution is 7.80. The Balaban J connectivity index is 1.82. The van der Waals surface area contributed by atoms with Gasteiger partial charge in [-0.1, -0.05) is 42.5 Å². The summed E-state index contributed by atoms with van der Waals surface area (Å²) in [5, 5.41) is 22.1. The number of anilines is 1. The topological polar surface area (TPSA) is 73.4 Å². The molecule has 4 N–H and O–H groups in total. The van der Waals surface area contributed by atoms with Crippen LogP contribution in [0.2, 0.25) is 0 Å². The molecule has 0 fully saturated rings. The fourth-order valence-corrected chi connectivity index (χ4v) is 3.99. The number of thiocarbonyl (C=S) groups is 1. The fraction of sp³-hybridized carbons (Fsp3) is 0.130. The normalized spacial score (nSPS) is 16.3. The van der Waals surface area contributed by atoms with Crippen molar-refractivity contribution in [2.75, 3.05) is 5.32 Å². The van der Waals surface area contributed by atoms with Gasteiger partial charge in [-0.05, 0) is 60.6 Å². The maximum absolute atomic E-state index is 13.3. The molecule has 1 aliphatic rings. The molecule has 1 atom stereocenters. The van der Waals surface area contributed by atoms with Crippen molar-refractivity contribution in [3.05, 3.63) is 83.1 Å². The number of hydrogen-bond donors (Lipinski definition) is 4. The monoisotopic (exact) mass is 403 g/mol. The molecule has 1 heterocycles. The number of amides is 1. The van der Waals surface area contributed by atoms with Crippen LogP contribution in [-0.2, 0) is 4.79 Å². The molecule has 4 rings (SSSR count). The first kappa shape index (κ1) is 19.0. The van der Waals surface area contributed by atoms with Gasteiger partial charge in [-0.3, -0.25) is 4.79 Å². The first-order valence-corrected chi connectivity index (χ1v) is 9.72. The van der Waals surface area contributed by atoms with E-state index in [4.69, 9.17) is 12.2 Å². The minimum atomic E-state index is -0.584. The molecule has 3 aromatic carbocycles. The summed E-state index contributed by atoms with van der Waals surface area (Å²) < 4.78 is 0. The van der Waals surface area contributed by atoms with Crippen LogP contribution < -0.4 is 16.0 Å². The van der Waals surface area contributed by atoms with Crippen LogP contribution in [0.1, 0.15) is 24.1 Å². The Morgan fingerprint density at radius 2 is 1.86 bits per heavy atom. The first-order valence-electron chi connectivity index (χ1n) is 9.31. The van der Waals surface area contributed by atoms with E-state index in [2.05, 4.69) is 16.0 Å². The number of hydrogen-bond acceptors (Lipinski definition) is 3. The lowest BCUT2D eigenvalue weighted by Crippen LogP contribution is -2.45. The summed E-state index contributed by atoms with van der Waals surface area (Å²) in [4.78, 5) is 13.3. The maximum Gasteiger partial charge on any atom is 0.255 e. The van der Waals surface area contributed by atoms with Gasteiger partial charge in [0.2, 0.25) is 0 Å². The van der Waals surface area contributed by atoms with E-state index in [0.29, 0.717) is 27.6 Å². The quantitative estimate of drug-likeness (QED) is 0.491. The van der Waals surface area contributed by atoms with Crippen molar-refractivity contribution in [3.63, 3.8) is 0 Å². The number of benzene rings is 3. The summed E-state index contributed by atoms with van der Waals surface area (Å²) in [6.45, 7) is 3.78. The van der Waals surface area contributed by atoms with Crippen molar-refractivity contribution in [1.29, 1.82) is 0 Å². The van der Waals surface area contributed by atoms with Crippen LogP contribution in [0.4, 0.5) is 5.69 Å². The molecule has 1 amide bonds. The maximum atomic E-state index is 13.3. The second kappa shape index (κ2) is 7.56. The second-order valence-electron chi connectivity index (χ2n) is 7.11. The molecule has 6 heteroatoms. The van der Waals surface area contributed by atoms with Crippen LogP contribution in [0, 0.1) is 6.92 Å². The molecule has 0 aromatic heterocycles. The number of rotatable bonds is 3. The van der Waals surface area contributed by atoms with E-state index in [9.17, 15) is 9.90 Å². The van der Waals surface area contributed by atoms with E-state index in [-0.39, 0.29) is 11.7 Å². The molecule has 29 heavy (non-hydrogen) atoms. The third-order valence-corrected chi connectivity index (χ3v) is 5.25. The Kier molecular flexibility index (Phi) is 4.94. The number of phenolic OH excluding ortho intramolecular Hbond substituents is 1. The van der Waals surface area contributed by atoms with Gasteiger partial charge < -0.3 is 21.1 Å². The van der Waals surface area contributed by atoms with Gasteiger partial charge >= 0.3 is 0 Å². The Hall–Kier alpha value is -3.38. The molecule has 5 nitrogen and oxygen atoms in total. The number of fused-ring (bicyclic) bond motifs is 1. The van der Waals surface area contributed by atoms with Crippen LogP contribution in [-0.4, -0.2) is 16.1 Å². The zero-order valence-electron chi connectivity index (χ0n) is 16.1. The zero-order chi connectivity index (χ0) is 20.5. The van der Waals surface area contributed by atoms with Crippen molar-refractivity contribution in [2.24, 2.45) is 0 Å². The SMILES string of the molecule is CC1=C(C(=O)Nc2cccc(C)c2)[C@H](c2c(O)ccc3ccccc23)NC(=S)N1. The van der Waals surface area contributed by atoms with Crippen LogP contribution in [0.3, 0.4) is 0 Å². The number of aromatic hydroxyl groups is 1. The van der Waals surface area contributed by atoms with Gasteiger partial charge in [0, 0.05) is 16.9 Å². The average Bonchev–Trinajstić information content (AvgIpc) is 2.67. The van der Waals surface area contributed by atoms with E-state index in [1.54, 1.807) is 6.07 Å². The second-order valence-corrected chi connectivity index (χ2v) is 7.52. The van der Waals surface area contributed by atoms with Crippen molar-refractivity contribution >= 4 is 39.7 Å². The van der Waals surface area contributed by atoms with E-state index >= 15 is 0 Å². The van der Waals surface area contributed by atoms with Crippen LogP contribution >= 0.6 is 12.2 Å². The molecular formula is C23H21N3O2S. The summed E-state index contributed by atoms with van der Waals surface area (Å²) in [5.41, 5.74) is 3.52. The van der Waals surface area contributed by atoms with Gasteiger partial charge in [0.25, 0.3) is 5.91 Å². The third kappa shape index (κ3) is 3.67. The Bertz CT molecular complexity index is 1170. The predicted octanol–water partition coefficient (Wildman–Crippen LogP) is 4.29. The number of carbonyl (C=O) groups excluding carboxylic acids is 1. The standard InChI is InChI=1S/C23H21N3O2S/c1-13-6-5-8-16(12-13)25-22(28)19-14(2)24-23(29)26-21(19)20-17-9-4-3-7-15(17)10-11-18(20)27/h3-12,21,27H,1-2H3,(H,25,28)(H2,24,26,29)/t21-/m1/s1. The van der Waals surface area contributed by atoms with Gasteiger partial charge in [-0.15, -0.1) is 0 Å². The average molecular weight is 404 g/mol. The molecule has 0 spiro atoms. The van der Waals surface area contributed by atoms with Crippen molar-refractivity contribution < 1.29 is 9.90 Å². The minimum Gasteiger partial charge on any atom is -0.508 e. The molecule has 0 saturated carbocycles. The summed E-state index contributed by atoms with van der Waals surface area (Å²) >= 11 is 5.34. The number of allylic oxidation sites excluding steroid dienone is 1. The first-order chi connectivity index (χ1) is 13.9. The molecule has 0 aliphatic carbocycles. The zero-order valence-corrected chi connectivity index (χ0v) is 16.9. The molecule has 0 radical (unpaired) electrons. The molecule has 1 aliphatic heterocycles. The Labute approximate surface area is 174 Å². The van der Waals surface area contributed by atoms with E-state index in [1.165, 1.54) is 0 Å². The summed E-state index contributed by atoms with van der Waals surface area (Å²) in [6.07, 6.45) is 0. The predicted molar refractivity (Wildman–Crippen MR) is 120 cm³/mol. The van der Waals surface area contributed by atoms with Crippen molar-refractivity contribution in [2.45, 2.75) is 19.9 Å². The van der Waals surface area contributed by atoms with Gasteiger partial charge in [0.05, 0.1) is 11.6 Å². The van der Waals surface area contributed by atoms with E-state index < -0.39 is 6.04 Å². The molecule has 0 saturated heterocycles. The summed E-state index contributed by atoms with van der Waals surface area (Å²) in [6, 6.07) is 18.3. The lowest BCUT2D eigenvalue weighted by atomic mass is 9.90. The molecule has 0 unspecified atom stereocenters. The number of nitrogens with one attached hydrogen (secondary N) is 3. The molecule has 146 valence electrons. The lowest BCUT2D eigenvalue weighted by molar-refractivity contribution is -0.113. The fourth-order valence-electron chi connectivity index (χ4n) is 3.72. The third-order valence-electron chi connectivity index (χ3n) is 5.03. The molecule has 3 aromatic rings. The van der Waals surface area contributed by atoms with Gasteiger partial charge in [0.15, 0.2) is 5.11 Å². The number of aryl methyl sites for hydroxylation is 1.